The number of nitrogens with zero attached hydrogens (tertiary/aromatic N) is 2. The van der Waals surface area contributed by atoms with Gasteiger partial charge in [-0.25, -0.2) is 9.37 Å². The summed E-state index contributed by atoms with van der Waals surface area (Å²) in [5.41, 5.74) is 2.56. The average Bonchev–Trinajstić information content (AvgIpc) is 3.12. The molecule has 144 valence electrons. The maximum Gasteiger partial charge on any atom is 0.239 e. The number of benzene rings is 2. The van der Waals surface area contributed by atoms with Gasteiger partial charge in [0.2, 0.25) is 17.7 Å². The van der Waals surface area contributed by atoms with Crippen LogP contribution in [-0.2, 0) is 11.2 Å². The quantitative estimate of drug-likeness (QED) is 0.493. The number of anilines is 1. The van der Waals surface area contributed by atoms with E-state index in [1.807, 2.05) is 30.3 Å². The predicted octanol–water partition coefficient (Wildman–Crippen LogP) is 4.86. The predicted molar refractivity (Wildman–Crippen MR) is 104 cm³/mol. The summed E-state index contributed by atoms with van der Waals surface area (Å²) in [6.45, 7) is 0. The molecular weight excluding hydrogens is 376 g/mol. The van der Waals surface area contributed by atoms with Crippen molar-refractivity contribution in [2.45, 2.75) is 6.42 Å². The molecule has 0 saturated carbocycles. The van der Waals surface area contributed by atoms with Crippen molar-refractivity contribution in [2.75, 3.05) is 5.32 Å². The molecule has 0 unspecified atom stereocenters. The Morgan fingerprint density at radius 2 is 1.72 bits per heavy atom. The number of pyridine rings is 1. The molecule has 2 aromatic carbocycles. The Morgan fingerprint density at radius 1 is 0.966 bits per heavy atom. The highest BCUT2D eigenvalue weighted by Crippen LogP contribution is 2.37. The Hall–Kier alpha value is -3.87. The number of carbonyl (C=O) groups is 1. The lowest BCUT2D eigenvalue weighted by Gasteiger charge is -2.07. The molecule has 4 rings (SSSR count). The molecule has 0 fully saturated rings. The van der Waals surface area contributed by atoms with Gasteiger partial charge in [-0.3, -0.25) is 10.1 Å². The van der Waals surface area contributed by atoms with E-state index in [9.17, 15) is 13.6 Å². The summed E-state index contributed by atoms with van der Waals surface area (Å²) in [4.78, 5) is 16.0. The van der Waals surface area contributed by atoms with Gasteiger partial charge in [-0.1, -0.05) is 35.5 Å². The van der Waals surface area contributed by atoms with Gasteiger partial charge in [-0.2, -0.15) is 4.39 Å². The molecule has 0 atom stereocenters. The lowest BCUT2D eigenvalue weighted by atomic mass is 10.0. The van der Waals surface area contributed by atoms with Gasteiger partial charge in [0.15, 0.2) is 0 Å². The molecule has 7 heteroatoms. The minimum atomic E-state index is -0.685. The standard InChI is InChI=1S/C22H15F2N3O2/c23-17-8-6-15(7-9-17)21-20(16-10-11-25-18(24)13-16)22(29-27-21)26-19(28)12-14-4-2-1-3-5-14/h1-11,13H,12H2,(H,26,28). The first-order valence-electron chi connectivity index (χ1n) is 8.81. The van der Waals surface area contributed by atoms with Crippen LogP contribution < -0.4 is 5.32 Å². The van der Waals surface area contributed by atoms with Crippen molar-refractivity contribution in [3.63, 3.8) is 0 Å². The van der Waals surface area contributed by atoms with Crippen molar-refractivity contribution in [3.05, 3.63) is 90.3 Å². The molecule has 1 N–H and O–H groups in total. The number of rotatable bonds is 5. The van der Waals surface area contributed by atoms with Crippen LogP contribution >= 0.6 is 0 Å². The number of carbonyl (C=O) groups excluding carboxylic acids is 1. The fraction of sp³-hybridized carbons (Fsp3) is 0.0455. The molecule has 0 bridgehead atoms. The van der Waals surface area contributed by atoms with Crippen molar-refractivity contribution in [1.29, 1.82) is 0 Å². The SMILES string of the molecule is O=C(Cc1ccccc1)Nc1onc(-c2ccc(F)cc2)c1-c1ccnc(F)c1. The molecule has 0 aliphatic rings. The van der Waals surface area contributed by atoms with Crippen LogP contribution in [0.3, 0.4) is 0 Å². The molecule has 2 heterocycles. The van der Waals surface area contributed by atoms with E-state index in [0.29, 0.717) is 22.4 Å². The van der Waals surface area contributed by atoms with E-state index in [1.165, 1.54) is 36.5 Å². The third-order valence-electron chi connectivity index (χ3n) is 4.29. The van der Waals surface area contributed by atoms with Gasteiger partial charge >= 0.3 is 0 Å². The molecule has 0 radical (unpaired) electrons. The van der Waals surface area contributed by atoms with E-state index >= 15 is 0 Å². The van der Waals surface area contributed by atoms with Crippen molar-refractivity contribution in [2.24, 2.45) is 0 Å². The topological polar surface area (TPSA) is 68.0 Å². The van der Waals surface area contributed by atoms with E-state index in [0.717, 1.165) is 5.56 Å². The number of halogens is 2. The number of amides is 1. The van der Waals surface area contributed by atoms with E-state index in [-0.39, 0.29) is 18.2 Å². The molecule has 4 aromatic rings. The molecular formula is C22H15F2N3O2. The number of hydrogen-bond donors (Lipinski definition) is 1. The van der Waals surface area contributed by atoms with Crippen molar-refractivity contribution in [3.8, 4) is 22.4 Å². The first-order chi connectivity index (χ1) is 14.1. The fourth-order valence-corrected chi connectivity index (χ4v) is 2.96. The molecule has 0 spiro atoms. The number of nitrogens with one attached hydrogen (secondary N) is 1. The summed E-state index contributed by atoms with van der Waals surface area (Å²) in [7, 11) is 0. The smallest absolute Gasteiger partial charge is 0.239 e. The minimum absolute atomic E-state index is 0.0795. The molecule has 5 nitrogen and oxygen atoms in total. The Bertz CT molecular complexity index is 1140. The first kappa shape index (κ1) is 18.5. The Balaban J connectivity index is 1.72. The maximum atomic E-state index is 13.7. The summed E-state index contributed by atoms with van der Waals surface area (Å²) in [6.07, 6.45) is 1.44. The zero-order chi connectivity index (χ0) is 20.2. The third-order valence-corrected chi connectivity index (χ3v) is 4.29. The van der Waals surface area contributed by atoms with Gasteiger partial charge in [-0.15, -0.1) is 0 Å². The van der Waals surface area contributed by atoms with Crippen LogP contribution in [-0.4, -0.2) is 16.0 Å². The van der Waals surface area contributed by atoms with Crippen LogP contribution in [0.2, 0.25) is 0 Å². The average molecular weight is 391 g/mol. The molecule has 0 aliphatic heterocycles. The third kappa shape index (κ3) is 4.19. The zero-order valence-corrected chi connectivity index (χ0v) is 15.1. The van der Waals surface area contributed by atoms with Crippen molar-refractivity contribution < 1.29 is 18.1 Å². The van der Waals surface area contributed by atoms with Crippen LogP contribution in [0.25, 0.3) is 22.4 Å². The fourth-order valence-electron chi connectivity index (χ4n) is 2.96. The van der Waals surface area contributed by atoms with E-state index in [4.69, 9.17) is 4.52 Å². The number of aromatic nitrogens is 2. The Morgan fingerprint density at radius 3 is 2.45 bits per heavy atom. The highest BCUT2D eigenvalue weighted by molar-refractivity contribution is 5.97. The zero-order valence-electron chi connectivity index (χ0n) is 15.1. The molecule has 0 saturated heterocycles. The highest BCUT2D eigenvalue weighted by Gasteiger charge is 2.22. The van der Waals surface area contributed by atoms with Crippen LogP contribution in [0.4, 0.5) is 14.7 Å². The van der Waals surface area contributed by atoms with Crippen molar-refractivity contribution >= 4 is 11.8 Å². The second kappa shape index (κ2) is 8.02. The molecule has 29 heavy (non-hydrogen) atoms. The second-order valence-electron chi connectivity index (χ2n) is 6.32. The monoisotopic (exact) mass is 391 g/mol. The largest absolute Gasteiger partial charge is 0.337 e. The van der Waals surface area contributed by atoms with Crippen LogP contribution in [0, 0.1) is 11.8 Å². The van der Waals surface area contributed by atoms with Gasteiger partial charge in [0.05, 0.1) is 12.0 Å². The summed E-state index contributed by atoms with van der Waals surface area (Å²) in [5, 5.41) is 6.72. The summed E-state index contributed by atoms with van der Waals surface area (Å²) >= 11 is 0. The van der Waals surface area contributed by atoms with Gasteiger partial charge in [-0.05, 0) is 41.5 Å². The van der Waals surface area contributed by atoms with Crippen LogP contribution in [0.1, 0.15) is 5.56 Å². The van der Waals surface area contributed by atoms with Gasteiger partial charge in [0, 0.05) is 17.8 Å². The van der Waals surface area contributed by atoms with E-state index in [1.54, 1.807) is 6.07 Å². The molecule has 0 aliphatic carbocycles. The normalized spacial score (nSPS) is 10.7. The highest BCUT2D eigenvalue weighted by atomic mass is 19.1. The lowest BCUT2D eigenvalue weighted by Crippen LogP contribution is -2.14. The van der Waals surface area contributed by atoms with Gasteiger partial charge in [0.25, 0.3) is 0 Å². The second-order valence-corrected chi connectivity index (χ2v) is 6.32. The lowest BCUT2D eigenvalue weighted by molar-refractivity contribution is -0.115. The maximum absolute atomic E-state index is 13.7. The Labute approximate surface area is 165 Å². The molecule has 1 amide bonds. The van der Waals surface area contributed by atoms with Crippen molar-refractivity contribution in [1.82, 2.24) is 10.1 Å². The summed E-state index contributed by atoms with van der Waals surface area (Å²) < 4.78 is 32.4. The summed E-state index contributed by atoms with van der Waals surface area (Å²) in [5.74, 6) is -1.31. The number of hydrogen-bond acceptors (Lipinski definition) is 4. The minimum Gasteiger partial charge on any atom is -0.337 e. The summed E-state index contributed by atoms with van der Waals surface area (Å²) in [6, 6.07) is 17.7. The molecule has 2 aromatic heterocycles. The Kier molecular flexibility index (Phi) is 5.11. The van der Waals surface area contributed by atoms with Gasteiger partial charge < -0.3 is 4.52 Å². The van der Waals surface area contributed by atoms with Crippen LogP contribution in [0.5, 0.6) is 0 Å². The van der Waals surface area contributed by atoms with E-state index < -0.39 is 11.8 Å². The van der Waals surface area contributed by atoms with E-state index in [2.05, 4.69) is 15.5 Å². The van der Waals surface area contributed by atoms with Gasteiger partial charge in [0.1, 0.15) is 11.5 Å². The van der Waals surface area contributed by atoms with Crippen LogP contribution in [0.15, 0.2) is 77.4 Å². The first-order valence-corrected chi connectivity index (χ1v) is 8.81.